The maximum Gasteiger partial charge on any atom is 0.407 e. The van der Waals surface area contributed by atoms with Crippen LogP contribution in [0.1, 0.15) is 39.2 Å². The van der Waals surface area contributed by atoms with Crippen LogP contribution in [0.5, 0.6) is 0 Å². The number of halogens is 1. The second kappa shape index (κ2) is 6.15. The summed E-state index contributed by atoms with van der Waals surface area (Å²) in [6.45, 7) is 6.27. The van der Waals surface area contributed by atoms with E-state index in [1.165, 1.54) is 4.90 Å². The van der Waals surface area contributed by atoms with E-state index in [1.54, 1.807) is 0 Å². The Morgan fingerprint density at radius 1 is 1.39 bits per heavy atom. The Balaban J connectivity index is 2.50. The summed E-state index contributed by atoms with van der Waals surface area (Å²) in [6.07, 6.45) is -0.149. The summed E-state index contributed by atoms with van der Waals surface area (Å²) < 4.78 is 0.878. The molecule has 1 saturated heterocycles. The van der Waals surface area contributed by atoms with Gasteiger partial charge in [-0.05, 0) is 36.0 Å². The summed E-state index contributed by atoms with van der Waals surface area (Å²) in [5, 5.41) is 9.50. The fourth-order valence-corrected chi connectivity index (χ4v) is 3.83. The van der Waals surface area contributed by atoms with E-state index in [1.807, 2.05) is 45.0 Å². The topological polar surface area (TPSA) is 83.6 Å². The lowest BCUT2D eigenvalue weighted by atomic mass is 9.65. The smallest absolute Gasteiger partial charge is 0.407 e. The molecule has 2 atom stereocenters. The van der Waals surface area contributed by atoms with Crippen molar-refractivity contribution in [2.75, 3.05) is 6.54 Å². The van der Waals surface area contributed by atoms with E-state index in [0.717, 1.165) is 10.0 Å². The third-order valence-corrected chi connectivity index (χ3v) is 5.29. The Bertz CT molecular complexity index is 627. The molecule has 1 fully saturated rings. The van der Waals surface area contributed by atoms with Crippen LogP contribution in [0.25, 0.3) is 0 Å². The van der Waals surface area contributed by atoms with Gasteiger partial charge in [-0.2, -0.15) is 0 Å². The number of primary amides is 1. The van der Waals surface area contributed by atoms with Gasteiger partial charge in [-0.3, -0.25) is 4.79 Å². The highest BCUT2D eigenvalue weighted by molar-refractivity contribution is 9.10. The lowest BCUT2D eigenvalue weighted by molar-refractivity contribution is -0.127. The molecule has 126 valence electrons. The molecule has 0 aliphatic carbocycles. The van der Waals surface area contributed by atoms with Crippen LogP contribution < -0.4 is 5.73 Å². The van der Waals surface area contributed by atoms with E-state index in [4.69, 9.17) is 5.73 Å². The Morgan fingerprint density at radius 3 is 2.52 bits per heavy atom. The summed E-state index contributed by atoms with van der Waals surface area (Å²) >= 11 is 3.44. The molecule has 0 spiro atoms. The number of hydrogen-bond acceptors (Lipinski definition) is 2. The molecule has 1 aromatic rings. The quantitative estimate of drug-likeness (QED) is 0.822. The fourth-order valence-electron chi connectivity index (χ4n) is 3.43. The number of nitrogens with two attached hydrogens (primary N) is 1. The molecular weight excluding hydrogens is 360 g/mol. The van der Waals surface area contributed by atoms with E-state index in [9.17, 15) is 14.7 Å². The molecule has 1 heterocycles. The van der Waals surface area contributed by atoms with E-state index in [-0.39, 0.29) is 11.5 Å². The van der Waals surface area contributed by atoms with Crippen molar-refractivity contribution >= 4 is 27.9 Å². The Labute approximate surface area is 145 Å². The Hall–Kier alpha value is -1.56. The molecule has 2 unspecified atom stereocenters. The van der Waals surface area contributed by atoms with Crippen molar-refractivity contribution in [2.24, 2.45) is 11.1 Å². The highest BCUT2D eigenvalue weighted by Crippen LogP contribution is 2.43. The van der Waals surface area contributed by atoms with Crippen LogP contribution in [0.4, 0.5) is 4.79 Å². The largest absolute Gasteiger partial charge is 0.465 e. The minimum atomic E-state index is -0.947. The second-order valence-corrected chi connectivity index (χ2v) is 8.18. The van der Waals surface area contributed by atoms with Gasteiger partial charge >= 0.3 is 6.09 Å². The average Bonchev–Trinajstić information content (AvgIpc) is 2.45. The van der Waals surface area contributed by atoms with Crippen molar-refractivity contribution in [1.82, 2.24) is 4.90 Å². The number of rotatable bonds is 2. The van der Waals surface area contributed by atoms with Crippen LogP contribution in [-0.2, 0) is 10.2 Å². The van der Waals surface area contributed by atoms with Crippen molar-refractivity contribution in [3.8, 4) is 0 Å². The van der Waals surface area contributed by atoms with Gasteiger partial charge in [0.05, 0.1) is 5.41 Å². The molecule has 1 aromatic carbocycles. The van der Waals surface area contributed by atoms with Gasteiger partial charge < -0.3 is 15.7 Å². The second-order valence-electron chi connectivity index (χ2n) is 7.27. The molecule has 1 aliphatic rings. The highest BCUT2D eigenvalue weighted by atomic mass is 79.9. The van der Waals surface area contributed by atoms with Gasteiger partial charge in [0.15, 0.2) is 0 Å². The van der Waals surface area contributed by atoms with E-state index >= 15 is 0 Å². The number of carbonyl (C=O) groups excluding carboxylic acids is 1. The summed E-state index contributed by atoms with van der Waals surface area (Å²) in [5.41, 5.74) is 5.51. The first kappa shape index (κ1) is 17.8. The maximum atomic E-state index is 12.4. The zero-order valence-corrected chi connectivity index (χ0v) is 15.3. The SMILES string of the molecule is CC(C)(C)C1CC(C(N)=O)(c2cccc(Br)c2)CCN1C(=O)O. The number of carbonyl (C=O) groups is 2. The summed E-state index contributed by atoms with van der Waals surface area (Å²) in [4.78, 5) is 25.4. The van der Waals surface area contributed by atoms with Crippen LogP contribution in [0.15, 0.2) is 28.7 Å². The number of likely N-dealkylation sites (tertiary alicyclic amines) is 1. The standard InChI is InChI=1S/C17H23BrN2O3/c1-16(2,3)13-10-17(14(19)21,7-8-20(13)15(22)23)11-5-4-6-12(18)9-11/h4-6,9,13H,7-8,10H2,1-3H3,(H2,19,21)(H,22,23). The van der Waals surface area contributed by atoms with Crippen LogP contribution in [0.3, 0.4) is 0 Å². The molecule has 1 aliphatic heterocycles. The molecular formula is C17H23BrN2O3. The van der Waals surface area contributed by atoms with E-state index < -0.39 is 17.4 Å². The lowest BCUT2D eigenvalue weighted by Crippen LogP contribution is -2.59. The number of piperidine rings is 1. The van der Waals surface area contributed by atoms with Gasteiger partial charge in [0.25, 0.3) is 0 Å². The summed E-state index contributed by atoms with van der Waals surface area (Å²) in [5.74, 6) is -0.394. The predicted octanol–water partition coefficient (Wildman–Crippen LogP) is 3.36. The van der Waals surface area contributed by atoms with Crippen LogP contribution >= 0.6 is 15.9 Å². The molecule has 2 rings (SSSR count). The van der Waals surface area contributed by atoms with Crippen molar-refractivity contribution < 1.29 is 14.7 Å². The van der Waals surface area contributed by atoms with Gasteiger partial charge in [0.2, 0.25) is 5.91 Å². The first-order valence-corrected chi connectivity index (χ1v) is 8.43. The van der Waals surface area contributed by atoms with Crippen LogP contribution in [-0.4, -0.2) is 34.6 Å². The van der Waals surface area contributed by atoms with Crippen molar-refractivity contribution in [2.45, 2.75) is 45.1 Å². The molecule has 0 aromatic heterocycles. The molecule has 0 saturated carbocycles. The number of hydrogen-bond donors (Lipinski definition) is 2. The maximum absolute atomic E-state index is 12.4. The van der Waals surface area contributed by atoms with Gasteiger partial charge in [-0.25, -0.2) is 4.79 Å². The lowest BCUT2D eigenvalue weighted by Gasteiger charge is -2.49. The van der Waals surface area contributed by atoms with Crippen molar-refractivity contribution in [1.29, 1.82) is 0 Å². The third-order valence-electron chi connectivity index (χ3n) is 4.79. The Morgan fingerprint density at radius 2 is 2.04 bits per heavy atom. The number of amides is 2. The van der Waals surface area contributed by atoms with Crippen LogP contribution in [0.2, 0.25) is 0 Å². The van der Waals surface area contributed by atoms with Crippen molar-refractivity contribution in [3.05, 3.63) is 34.3 Å². The molecule has 0 radical (unpaired) electrons. The molecule has 3 N–H and O–H groups in total. The minimum Gasteiger partial charge on any atom is -0.465 e. The summed E-state index contributed by atoms with van der Waals surface area (Å²) in [6, 6.07) is 7.29. The first-order chi connectivity index (χ1) is 10.6. The van der Waals surface area contributed by atoms with Crippen LogP contribution in [0, 0.1) is 5.41 Å². The molecule has 5 nitrogen and oxygen atoms in total. The normalized spacial score (nSPS) is 25.2. The van der Waals surface area contributed by atoms with E-state index in [2.05, 4.69) is 15.9 Å². The summed E-state index contributed by atoms with van der Waals surface area (Å²) in [7, 11) is 0. The number of nitrogens with zero attached hydrogens (tertiary/aromatic N) is 1. The zero-order valence-electron chi connectivity index (χ0n) is 13.7. The van der Waals surface area contributed by atoms with Gasteiger partial charge in [0.1, 0.15) is 0 Å². The number of benzene rings is 1. The van der Waals surface area contributed by atoms with Gasteiger partial charge in [-0.15, -0.1) is 0 Å². The molecule has 23 heavy (non-hydrogen) atoms. The number of carboxylic acid groups (broad SMARTS) is 1. The monoisotopic (exact) mass is 382 g/mol. The molecule has 2 amide bonds. The highest BCUT2D eigenvalue weighted by Gasteiger charge is 2.49. The average molecular weight is 383 g/mol. The molecule has 6 heteroatoms. The van der Waals surface area contributed by atoms with Gasteiger partial charge in [0, 0.05) is 17.1 Å². The molecule has 0 bridgehead atoms. The van der Waals surface area contributed by atoms with Crippen molar-refractivity contribution in [3.63, 3.8) is 0 Å². The first-order valence-electron chi connectivity index (χ1n) is 7.63. The zero-order chi connectivity index (χ0) is 17.4. The minimum absolute atomic E-state index is 0.278. The third kappa shape index (κ3) is 3.37. The van der Waals surface area contributed by atoms with Gasteiger partial charge in [-0.1, -0.05) is 48.8 Å². The fraction of sp³-hybridized carbons (Fsp3) is 0.529. The predicted molar refractivity (Wildman–Crippen MR) is 92.2 cm³/mol. The Kier molecular flexibility index (Phi) is 4.76. The van der Waals surface area contributed by atoms with E-state index in [0.29, 0.717) is 19.4 Å².